The van der Waals surface area contributed by atoms with Gasteiger partial charge in [-0.05, 0) is 53.4 Å². The Hall–Kier alpha value is -3.11. The highest BCUT2D eigenvalue weighted by molar-refractivity contribution is 5.96. The molecule has 0 aromatic carbocycles. The highest BCUT2D eigenvalue weighted by Gasteiger charge is 2.35. The zero-order valence-electron chi connectivity index (χ0n) is 24.0. The van der Waals surface area contributed by atoms with Crippen LogP contribution in [0.5, 0.6) is 0 Å². The number of esters is 2. The molecular formula is C26H45N3O8. The number of alkyl carbamates (subject to hydrolysis) is 1. The van der Waals surface area contributed by atoms with Crippen LogP contribution in [0.25, 0.3) is 0 Å². The lowest BCUT2D eigenvalue weighted by Crippen LogP contribution is -2.54. The Bertz CT molecular complexity index is 840. The minimum absolute atomic E-state index is 0.0265. The van der Waals surface area contributed by atoms with Gasteiger partial charge in [0.15, 0.2) is 0 Å². The number of nitrogens with one attached hydrogen (secondary N) is 2. The molecule has 0 aliphatic carbocycles. The van der Waals surface area contributed by atoms with Crippen molar-refractivity contribution in [1.82, 2.24) is 15.5 Å². The first-order valence-corrected chi connectivity index (χ1v) is 12.5. The zero-order valence-corrected chi connectivity index (χ0v) is 24.0. The third-order valence-electron chi connectivity index (χ3n) is 5.00. The van der Waals surface area contributed by atoms with Crippen LogP contribution in [0, 0.1) is 5.41 Å². The highest BCUT2D eigenvalue weighted by Crippen LogP contribution is 2.22. The summed E-state index contributed by atoms with van der Waals surface area (Å²) in [6, 6.07) is -1.89. The first-order valence-electron chi connectivity index (χ1n) is 12.5. The van der Waals surface area contributed by atoms with E-state index >= 15 is 0 Å². The predicted octanol–water partition coefficient (Wildman–Crippen LogP) is 2.72. The van der Waals surface area contributed by atoms with Gasteiger partial charge in [-0.15, -0.1) is 0 Å². The fourth-order valence-electron chi connectivity index (χ4n) is 3.01. The van der Waals surface area contributed by atoms with Crippen molar-refractivity contribution < 1.29 is 38.2 Å². The van der Waals surface area contributed by atoms with Gasteiger partial charge < -0.3 is 29.7 Å². The molecule has 0 fully saturated rings. The molecule has 2 atom stereocenters. The van der Waals surface area contributed by atoms with Crippen molar-refractivity contribution >= 4 is 29.8 Å². The highest BCUT2D eigenvalue weighted by atomic mass is 16.6. The molecule has 0 aliphatic heterocycles. The third-order valence-corrected chi connectivity index (χ3v) is 5.00. The van der Waals surface area contributed by atoms with E-state index in [2.05, 4.69) is 10.6 Å². The van der Waals surface area contributed by atoms with Gasteiger partial charge in [0.25, 0.3) is 0 Å². The fourth-order valence-corrected chi connectivity index (χ4v) is 3.01. The summed E-state index contributed by atoms with van der Waals surface area (Å²) in [5.74, 6) is -2.03. The van der Waals surface area contributed by atoms with Gasteiger partial charge in [0.1, 0.15) is 17.7 Å². The minimum Gasteiger partial charge on any atom is -0.466 e. The molecule has 1 unspecified atom stereocenters. The Kier molecular flexibility index (Phi) is 13.9. The smallest absolute Gasteiger partial charge is 0.408 e. The van der Waals surface area contributed by atoms with Crippen LogP contribution < -0.4 is 10.6 Å². The van der Waals surface area contributed by atoms with Crippen LogP contribution in [0.15, 0.2) is 11.6 Å². The van der Waals surface area contributed by atoms with Crippen molar-refractivity contribution in [3.05, 3.63) is 11.6 Å². The van der Waals surface area contributed by atoms with E-state index in [0.29, 0.717) is 0 Å². The van der Waals surface area contributed by atoms with Crippen LogP contribution >= 0.6 is 0 Å². The number of carbonyl (C=O) groups is 5. The minimum atomic E-state index is -1.03. The second-order valence-corrected chi connectivity index (χ2v) is 10.7. The van der Waals surface area contributed by atoms with E-state index in [1.54, 1.807) is 48.6 Å². The molecule has 0 saturated carbocycles. The topological polar surface area (TPSA) is 140 Å². The molecule has 0 spiro atoms. The zero-order chi connectivity index (χ0) is 29.0. The Morgan fingerprint density at radius 1 is 0.919 bits per heavy atom. The maximum atomic E-state index is 13.1. The number of hydrogen-bond acceptors (Lipinski definition) is 8. The number of hydrogen-bond donors (Lipinski definition) is 2. The summed E-state index contributed by atoms with van der Waals surface area (Å²) in [7, 11) is 1.56. The molecule has 0 radical (unpaired) electrons. The van der Waals surface area contributed by atoms with Crippen LogP contribution in [-0.4, -0.2) is 79.2 Å². The van der Waals surface area contributed by atoms with Gasteiger partial charge in [-0.2, -0.15) is 0 Å². The SMILES string of the molecule is CCOC(=O)CC[C@@H](NC(=O)/C(C)=C/CN(C)C(=O)C(NC(=O)OC(C)(C)C)C(C)(C)C)C(=O)OCC. The quantitative estimate of drug-likeness (QED) is 0.224. The molecule has 11 heteroatoms. The summed E-state index contributed by atoms with van der Waals surface area (Å²) in [6.07, 6.45) is 0.802. The lowest BCUT2D eigenvalue weighted by molar-refractivity contribution is -0.148. The molecule has 0 aromatic rings. The second-order valence-electron chi connectivity index (χ2n) is 10.7. The lowest BCUT2D eigenvalue weighted by atomic mass is 9.86. The molecule has 3 amide bonds. The first kappa shape index (κ1) is 33.9. The number of likely N-dealkylation sites (N-methyl/N-ethyl adjacent to an activating group) is 1. The molecule has 0 aliphatic rings. The van der Waals surface area contributed by atoms with E-state index in [1.165, 1.54) is 11.0 Å². The van der Waals surface area contributed by atoms with Gasteiger partial charge in [0.05, 0.1) is 13.2 Å². The van der Waals surface area contributed by atoms with Crippen molar-refractivity contribution in [3.8, 4) is 0 Å². The van der Waals surface area contributed by atoms with E-state index in [0.717, 1.165) is 0 Å². The van der Waals surface area contributed by atoms with Crippen molar-refractivity contribution in [2.24, 2.45) is 5.41 Å². The molecule has 0 aromatic heterocycles. The monoisotopic (exact) mass is 527 g/mol. The van der Waals surface area contributed by atoms with E-state index in [-0.39, 0.29) is 44.1 Å². The molecule has 0 bridgehead atoms. The summed E-state index contributed by atoms with van der Waals surface area (Å²) in [6.45, 7) is 15.9. The Labute approximate surface area is 220 Å². The van der Waals surface area contributed by atoms with Crippen LogP contribution in [0.1, 0.15) is 75.2 Å². The Balaban J connectivity index is 5.34. The first-order chi connectivity index (χ1) is 16.9. The number of amides is 3. The van der Waals surface area contributed by atoms with Crippen LogP contribution in [-0.2, 0) is 33.4 Å². The Morgan fingerprint density at radius 3 is 1.97 bits per heavy atom. The molecule has 212 valence electrons. The third kappa shape index (κ3) is 13.7. The van der Waals surface area contributed by atoms with Crippen molar-refractivity contribution in [3.63, 3.8) is 0 Å². The summed E-state index contributed by atoms with van der Waals surface area (Å²) >= 11 is 0. The summed E-state index contributed by atoms with van der Waals surface area (Å²) < 4.78 is 15.2. The summed E-state index contributed by atoms with van der Waals surface area (Å²) in [5, 5.41) is 5.23. The van der Waals surface area contributed by atoms with Crippen LogP contribution in [0.3, 0.4) is 0 Å². The maximum absolute atomic E-state index is 13.1. The van der Waals surface area contributed by atoms with E-state index in [4.69, 9.17) is 14.2 Å². The lowest BCUT2D eigenvalue weighted by Gasteiger charge is -2.33. The molecule has 11 nitrogen and oxygen atoms in total. The molecule has 2 N–H and O–H groups in total. The number of ether oxygens (including phenoxy) is 3. The maximum Gasteiger partial charge on any atom is 0.408 e. The normalized spacial score (nSPS) is 13.6. The molecule has 0 saturated heterocycles. The molecule has 0 heterocycles. The van der Waals surface area contributed by atoms with Crippen LogP contribution in [0.2, 0.25) is 0 Å². The van der Waals surface area contributed by atoms with Crippen molar-refractivity contribution in [2.45, 2.75) is 92.8 Å². The van der Waals surface area contributed by atoms with Gasteiger partial charge in [-0.1, -0.05) is 26.8 Å². The van der Waals surface area contributed by atoms with Crippen LogP contribution in [0.4, 0.5) is 4.79 Å². The van der Waals surface area contributed by atoms with Gasteiger partial charge >= 0.3 is 18.0 Å². The molecular weight excluding hydrogens is 482 g/mol. The molecule has 37 heavy (non-hydrogen) atoms. The van der Waals surface area contributed by atoms with Gasteiger partial charge in [0, 0.05) is 25.6 Å². The number of rotatable bonds is 12. The summed E-state index contributed by atoms with van der Waals surface area (Å²) in [5.41, 5.74) is -1.06. The van der Waals surface area contributed by atoms with Gasteiger partial charge in [-0.25, -0.2) is 9.59 Å². The second kappa shape index (κ2) is 15.2. The molecule has 0 rings (SSSR count). The van der Waals surface area contributed by atoms with E-state index in [1.807, 2.05) is 20.8 Å². The van der Waals surface area contributed by atoms with Gasteiger partial charge in [0.2, 0.25) is 11.8 Å². The predicted molar refractivity (Wildman–Crippen MR) is 138 cm³/mol. The standard InChI is InChI=1S/C26H45N3O8/c1-11-35-19(30)14-13-18(23(33)36-12-2)27-21(31)17(3)15-16-29(10)22(32)20(25(4,5)6)28-24(34)37-26(7,8)9/h15,18,20H,11-14,16H2,1-10H3,(H,27,31)(H,28,34)/b17-15+/t18-,20?/m1/s1. The number of carbonyl (C=O) groups excluding carboxylic acids is 5. The fraction of sp³-hybridized carbons (Fsp3) is 0.731. The van der Waals surface area contributed by atoms with E-state index < -0.39 is 47.0 Å². The average molecular weight is 528 g/mol. The van der Waals surface area contributed by atoms with Crippen molar-refractivity contribution in [1.29, 1.82) is 0 Å². The van der Waals surface area contributed by atoms with E-state index in [9.17, 15) is 24.0 Å². The number of nitrogens with zero attached hydrogens (tertiary/aromatic N) is 1. The summed E-state index contributed by atoms with van der Waals surface area (Å²) in [4.78, 5) is 63.5. The Morgan fingerprint density at radius 2 is 1.49 bits per heavy atom. The van der Waals surface area contributed by atoms with Crippen molar-refractivity contribution in [2.75, 3.05) is 26.8 Å². The average Bonchev–Trinajstić information content (AvgIpc) is 2.76. The van der Waals surface area contributed by atoms with Gasteiger partial charge in [-0.3, -0.25) is 14.4 Å². The largest absolute Gasteiger partial charge is 0.466 e.